The van der Waals surface area contributed by atoms with E-state index in [-0.39, 0.29) is 24.3 Å². The van der Waals surface area contributed by atoms with E-state index in [1.54, 1.807) is 17.0 Å². The highest BCUT2D eigenvalue weighted by molar-refractivity contribution is 6.25. The number of nitrogens with zero attached hydrogens (tertiary/aromatic N) is 2. The molecule has 1 aliphatic rings. The van der Waals surface area contributed by atoms with Crippen LogP contribution in [0.4, 0.5) is 5.69 Å². The molecule has 1 heterocycles. The second-order valence-electron chi connectivity index (χ2n) is 10.1. The molecule has 0 atom stereocenters. The fourth-order valence-corrected chi connectivity index (χ4v) is 5.19. The van der Waals surface area contributed by atoms with E-state index in [4.69, 9.17) is 4.74 Å². The summed E-state index contributed by atoms with van der Waals surface area (Å²) in [5, 5.41) is 1.58. The van der Waals surface area contributed by atoms with Crippen LogP contribution in [-0.4, -0.2) is 35.7 Å². The van der Waals surface area contributed by atoms with Gasteiger partial charge < -0.3 is 9.64 Å². The van der Waals surface area contributed by atoms with Crippen LogP contribution in [0.15, 0.2) is 115 Å². The molecule has 3 amide bonds. The van der Waals surface area contributed by atoms with Crippen molar-refractivity contribution in [2.24, 2.45) is 0 Å². The molecule has 0 aliphatic carbocycles. The van der Waals surface area contributed by atoms with Gasteiger partial charge in [0.15, 0.2) is 0 Å². The zero-order valence-corrected chi connectivity index (χ0v) is 22.6. The van der Waals surface area contributed by atoms with Gasteiger partial charge in [-0.15, -0.1) is 0 Å². The molecule has 6 rings (SSSR count). The highest BCUT2D eigenvalue weighted by Gasteiger charge is 2.32. The van der Waals surface area contributed by atoms with E-state index in [0.29, 0.717) is 46.5 Å². The molecule has 6 nitrogen and oxygen atoms in total. The van der Waals surface area contributed by atoms with Gasteiger partial charge in [-0.2, -0.15) is 0 Å². The Labute approximate surface area is 238 Å². The Balaban J connectivity index is 1.22. The normalized spacial score (nSPS) is 12.5. The van der Waals surface area contributed by atoms with E-state index in [9.17, 15) is 14.4 Å². The van der Waals surface area contributed by atoms with Gasteiger partial charge >= 0.3 is 0 Å². The van der Waals surface area contributed by atoms with E-state index in [0.717, 1.165) is 16.7 Å². The largest absolute Gasteiger partial charge is 0.457 e. The predicted molar refractivity (Wildman–Crippen MR) is 160 cm³/mol. The van der Waals surface area contributed by atoms with Gasteiger partial charge in [-0.1, -0.05) is 60.2 Å². The Morgan fingerprint density at radius 1 is 0.707 bits per heavy atom. The first-order valence-electron chi connectivity index (χ1n) is 13.6. The van der Waals surface area contributed by atoms with Crippen LogP contribution in [0.5, 0.6) is 11.5 Å². The van der Waals surface area contributed by atoms with Gasteiger partial charge in [0.25, 0.3) is 17.7 Å². The molecule has 41 heavy (non-hydrogen) atoms. The number of amides is 3. The van der Waals surface area contributed by atoms with Crippen molar-refractivity contribution < 1.29 is 19.1 Å². The first-order chi connectivity index (χ1) is 20.0. The summed E-state index contributed by atoms with van der Waals surface area (Å²) in [6.07, 6.45) is 0.412. The van der Waals surface area contributed by atoms with Gasteiger partial charge in [-0.05, 0) is 79.4 Å². The van der Waals surface area contributed by atoms with Crippen LogP contribution in [0.3, 0.4) is 0 Å². The maximum absolute atomic E-state index is 13.7. The molecule has 202 valence electrons. The molecule has 0 saturated heterocycles. The van der Waals surface area contributed by atoms with E-state index < -0.39 is 0 Å². The van der Waals surface area contributed by atoms with E-state index in [1.807, 2.05) is 110 Å². The van der Waals surface area contributed by atoms with Crippen molar-refractivity contribution in [3.05, 3.63) is 138 Å². The summed E-state index contributed by atoms with van der Waals surface area (Å²) in [6, 6.07) is 35.3. The second kappa shape index (κ2) is 11.1. The molecule has 5 aromatic carbocycles. The van der Waals surface area contributed by atoms with Crippen molar-refractivity contribution in [3.63, 3.8) is 0 Å². The molecular weight excluding hydrogens is 512 g/mol. The Hall–Kier alpha value is -5.23. The Bertz CT molecular complexity index is 1700. The highest BCUT2D eigenvalue weighted by atomic mass is 16.5. The summed E-state index contributed by atoms with van der Waals surface area (Å²) < 4.78 is 5.92. The number of rotatable bonds is 8. The smallest absolute Gasteiger partial charge is 0.261 e. The summed E-state index contributed by atoms with van der Waals surface area (Å²) in [7, 11) is 0. The number of para-hydroxylation sites is 1. The summed E-state index contributed by atoms with van der Waals surface area (Å²) in [5.41, 5.74) is 3.37. The lowest BCUT2D eigenvalue weighted by atomic mass is 9.94. The molecule has 0 spiro atoms. The average Bonchev–Trinajstić information content (AvgIpc) is 3.00. The van der Waals surface area contributed by atoms with E-state index >= 15 is 0 Å². The fraction of sp³-hybridized carbons (Fsp3) is 0.114. The zero-order valence-electron chi connectivity index (χ0n) is 22.6. The minimum Gasteiger partial charge on any atom is -0.457 e. The van der Waals surface area contributed by atoms with Crippen molar-refractivity contribution in [2.45, 2.75) is 13.3 Å². The molecule has 0 radical (unpaired) electrons. The molecule has 0 N–H and O–H groups in total. The van der Waals surface area contributed by atoms with E-state index in [1.165, 1.54) is 4.90 Å². The first kappa shape index (κ1) is 26.0. The Kier molecular flexibility index (Phi) is 7.04. The average molecular weight is 541 g/mol. The number of carbonyl (C=O) groups is 3. The zero-order chi connectivity index (χ0) is 28.3. The minimum absolute atomic E-state index is 0.159. The third-order valence-corrected chi connectivity index (χ3v) is 7.29. The second-order valence-corrected chi connectivity index (χ2v) is 10.1. The molecule has 5 aromatic rings. The molecule has 0 unspecified atom stereocenters. The number of carbonyl (C=O) groups excluding carboxylic acids is 3. The number of hydrogen-bond acceptors (Lipinski definition) is 4. The fourth-order valence-electron chi connectivity index (χ4n) is 5.19. The third kappa shape index (κ3) is 5.20. The third-order valence-electron chi connectivity index (χ3n) is 7.29. The predicted octanol–water partition coefficient (Wildman–Crippen LogP) is 7.27. The summed E-state index contributed by atoms with van der Waals surface area (Å²) >= 11 is 0. The number of benzene rings is 5. The standard InChI is InChI=1S/C35H28N2O4/c1-24-14-16-26(17-15-24)33(38)36(27-18-20-29(21-19-27)41-28-10-3-2-4-11-28)22-7-23-37-34(39)30-12-5-8-25-9-6-13-31(32(25)30)35(37)40/h2-6,8-21H,7,22-23H2,1H3. The minimum atomic E-state index is -0.307. The van der Waals surface area contributed by atoms with Crippen LogP contribution in [-0.2, 0) is 0 Å². The SMILES string of the molecule is Cc1ccc(C(=O)N(CCCN2C(=O)c3cccc4cccc(c34)C2=O)c2ccc(Oc3ccccc3)cc2)cc1. The van der Waals surface area contributed by atoms with Crippen molar-refractivity contribution in [1.82, 2.24) is 4.90 Å². The van der Waals surface area contributed by atoms with Crippen LogP contribution >= 0.6 is 0 Å². The van der Waals surface area contributed by atoms with Crippen LogP contribution in [0.2, 0.25) is 0 Å². The summed E-state index contributed by atoms with van der Waals surface area (Å²) in [5.74, 6) is 0.602. The van der Waals surface area contributed by atoms with Crippen molar-refractivity contribution in [1.29, 1.82) is 0 Å². The molecule has 0 fully saturated rings. The molecular formula is C35H28N2O4. The lowest BCUT2D eigenvalue weighted by Gasteiger charge is -2.29. The van der Waals surface area contributed by atoms with Crippen LogP contribution < -0.4 is 9.64 Å². The number of ether oxygens (including phenoxy) is 1. The van der Waals surface area contributed by atoms with Crippen LogP contribution in [0, 0.1) is 6.92 Å². The lowest BCUT2D eigenvalue weighted by Crippen LogP contribution is -2.42. The number of aryl methyl sites for hydroxylation is 1. The van der Waals surface area contributed by atoms with Gasteiger partial charge in [0.1, 0.15) is 11.5 Å². The Morgan fingerprint density at radius 3 is 1.95 bits per heavy atom. The van der Waals surface area contributed by atoms with Crippen molar-refractivity contribution in [3.8, 4) is 11.5 Å². The quantitative estimate of drug-likeness (QED) is 0.194. The molecule has 1 aliphatic heterocycles. The van der Waals surface area contributed by atoms with Gasteiger partial charge in [0.05, 0.1) is 0 Å². The van der Waals surface area contributed by atoms with Gasteiger partial charge in [0.2, 0.25) is 0 Å². The van der Waals surface area contributed by atoms with E-state index in [2.05, 4.69) is 0 Å². The molecule has 6 heteroatoms. The van der Waals surface area contributed by atoms with Crippen LogP contribution in [0.25, 0.3) is 10.8 Å². The van der Waals surface area contributed by atoms with Gasteiger partial charge in [0, 0.05) is 40.9 Å². The topological polar surface area (TPSA) is 66.9 Å². The van der Waals surface area contributed by atoms with Crippen molar-refractivity contribution in [2.75, 3.05) is 18.0 Å². The van der Waals surface area contributed by atoms with Crippen molar-refractivity contribution >= 4 is 34.2 Å². The Morgan fingerprint density at radius 2 is 1.32 bits per heavy atom. The molecule has 0 bridgehead atoms. The maximum Gasteiger partial charge on any atom is 0.261 e. The summed E-state index contributed by atoms with van der Waals surface area (Å²) in [4.78, 5) is 43.3. The van der Waals surface area contributed by atoms with Crippen LogP contribution in [0.1, 0.15) is 43.1 Å². The lowest BCUT2D eigenvalue weighted by molar-refractivity contribution is 0.0610. The number of hydrogen-bond donors (Lipinski definition) is 0. The van der Waals surface area contributed by atoms with Gasteiger partial charge in [-0.3, -0.25) is 19.3 Å². The molecule has 0 saturated carbocycles. The maximum atomic E-state index is 13.7. The highest BCUT2D eigenvalue weighted by Crippen LogP contribution is 2.30. The number of imide groups is 1. The summed E-state index contributed by atoms with van der Waals surface area (Å²) in [6.45, 7) is 2.48. The first-order valence-corrected chi connectivity index (χ1v) is 13.6. The molecule has 0 aromatic heterocycles. The monoisotopic (exact) mass is 540 g/mol. The number of anilines is 1. The van der Waals surface area contributed by atoms with Gasteiger partial charge in [-0.25, -0.2) is 0 Å².